The zero-order chi connectivity index (χ0) is 13.2. The third-order valence-corrected chi connectivity index (χ3v) is 4.70. The van der Waals surface area contributed by atoms with E-state index in [-0.39, 0.29) is 0 Å². The van der Waals surface area contributed by atoms with Gasteiger partial charge >= 0.3 is 0 Å². The number of hydrogen-bond acceptors (Lipinski definition) is 2. The third-order valence-electron chi connectivity index (χ3n) is 4.70. The van der Waals surface area contributed by atoms with Crippen LogP contribution in [-0.4, -0.2) is 23.3 Å². The molecule has 3 rings (SSSR count). The molecule has 2 nitrogen and oxygen atoms in total. The molecule has 19 heavy (non-hydrogen) atoms. The average molecular weight is 257 g/mol. The van der Waals surface area contributed by atoms with Crippen LogP contribution in [0.5, 0.6) is 0 Å². The fourth-order valence-electron chi connectivity index (χ4n) is 3.80. The summed E-state index contributed by atoms with van der Waals surface area (Å²) >= 11 is 0. The molecule has 2 unspecified atom stereocenters. The molecule has 1 aromatic rings. The van der Waals surface area contributed by atoms with E-state index in [0.717, 1.165) is 32.4 Å². The SMILES string of the molecule is Cc1cccc(CN2CCCC2C2CCCC2=O)c1. The Morgan fingerprint density at radius 1 is 1.26 bits per heavy atom. The van der Waals surface area contributed by atoms with Crippen LogP contribution in [0.4, 0.5) is 0 Å². The molecule has 0 bridgehead atoms. The number of aryl methyl sites for hydroxylation is 1. The molecule has 0 spiro atoms. The second kappa shape index (κ2) is 5.46. The van der Waals surface area contributed by atoms with E-state index in [1.807, 2.05) is 0 Å². The minimum absolute atomic E-state index is 0.326. The summed E-state index contributed by atoms with van der Waals surface area (Å²) < 4.78 is 0. The van der Waals surface area contributed by atoms with Gasteiger partial charge in [0, 0.05) is 24.9 Å². The first-order valence-corrected chi connectivity index (χ1v) is 7.56. The van der Waals surface area contributed by atoms with Crippen LogP contribution in [0.2, 0.25) is 0 Å². The highest BCUT2D eigenvalue weighted by molar-refractivity contribution is 5.83. The zero-order valence-electron chi connectivity index (χ0n) is 11.8. The Bertz CT molecular complexity index is 468. The molecule has 1 aromatic carbocycles. The fourth-order valence-corrected chi connectivity index (χ4v) is 3.80. The molecule has 1 heterocycles. The molecule has 2 fully saturated rings. The summed E-state index contributed by atoms with van der Waals surface area (Å²) in [4.78, 5) is 14.5. The van der Waals surface area contributed by atoms with Crippen LogP contribution in [-0.2, 0) is 11.3 Å². The topological polar surface area (TPSA) is 20.3 Å². The number of benzene rings is 1. The van der Waals surface area contributed by atoms with Crippen LogP contribution in [0.15, 0.2) is 24.3 Å². The highest BCUT2D eigenvalue weighted by atomic mass is 16.1. The van der Waals surface area contributed by atoms with E-state index >= 15 is 0 Å². The van der Waals surface area contributed by atoms with E-state index in [1.165, 1.54) is 24.0 Å². The average Bonchev–Trinajstić information content (AvgIpc) is 2.98. The van der Waals surface area contributed by atoms with Gasteiger partial charge in [-0.05, 0) is 44.7 Å². The van der Waals surface area contributed by atoms with Crippen molar-refractivity contribution in [1.82, 2.24) is 4.90 Å². The molecule has 1 saturated carbocycles. The van der Waals surface area contributed by atoms with Gasteiger partial charge in [-0.3, -0.25) is 9.69 Å². The van der Waals surface area contributed by atoms with Gasteiger partial charge in [-0.25, -0.2) is 0 Å². The Morgan fingerprint density at radius 3 is 2.89 bits per heavy atom. The first kappa shape index (κ1) is 12.9. The first-order chi connectivity index (χ1) is 9.24. The zero-order valence-corrected chi connectivity index (χ0v) is 11.8. The molecule has 1 aliphatic carbocycles. The number of carbonyl (C=O) groups is 1. The smallest absolute Gasteiger partial charge is 0.137 e. The molecule has 102 valence electrons. The lowest BCUT2D eigenvalue weighted by atomic mass is 9.95. The van der Waals surface area contributed by atoms with E-state index in [1.54, 1.807) is 0 Å². The summed E-state index contributed by atoms with van der Waals surface area (Å²) in [6.07, 6.45) is 5.51. The Hall–Kier alpha value is -1.15. The second-order valence-corrected chi connectivity index (χ2v) is 6.13. The van der Waals surface area contributed by atoms with Gasteiger partial charge < -0.3 is 0 Å². The lowest BCUT2D eigenvalue weighted by molar-refractivity contribution is -0.122. The predicted molar refractivity (Wildman–Crippen MR) is 77.0 cm³/mol. The number of nitrogens with zero attached hydrogens (tertiary/aromatic N) is 1. The van der Waals surface area contributed by atoms with Gasteiger partial charge in [0.15, 0.2) is 0 Å². The molecule has 2 heteroatoms. The van der Waals surface area contributed by atoms with E-state index in [9.17, 15) is 4.79 Å². The minimum atomic E-state index is 0.326. The lowest BCUT2D eigenvalue weighted by Crippen LogP contribution is -2.36. The van der Waals surface area contributed by atoms with Crippen molar-refractivity contribution < 1.29 is 4.79 Å². The van der Waals surface area contributed by atoms with E-state index < -0.39 is 0 Å². The summed E-state index contributed by atoms with van der Waals surface area (Å²) in [6, 6.07) is 9.27. The van der Waals surface area contributed by atoms with Gasteiger partial charge in [0.2, 0.25) is 0 Å². The van der Waals surface area contributed by atoms with Gasteiger partial charge in [-0.2, -0.15) is 0 Å². The maximum atomic E-state index is 12.0. The highest BCUT2D eigenvalue weighted by Crippen LogP contribution is 2.34. The monoisotopic (exact) mass is 257 g/mol. The Kier molecular flexibility index (Phi) is 3.69. The van der Waals surface area contributed by atoms with Crippen molar-refractivity contribution in [2.24, 2.45) is 5.92 Å². The minimum Gasteiger partial charge on any atom is -0.299 e. The number of carbonyl (C=O) groups excluding carboxylic acids is 1. The van der Waals surface area contributed by atoms with Crippen molar-refractivity contribution >= 4 is 5.78 Å². The van der Waals surface area contributed by atoms with Gasteiger partial charge in [-0.1, -0.05) is 29.8 Å². The molecular weight excluding hydrogens is 234 g/mol. The van der Waals surface area contributed by atoms with Crippen LogP contribution >= 0.6 is 0 Å². The second-order valence-electron chi connectivity index (χ2n) is 6.13. The third kappa shape index (κ3) is 2.74. The maximum Gasteiger partial charge on any atom is 0.137 e. The van der Waals surface area contributed by atoms with E-state index in [0.29, 0.717) is 17.7 Å². The van der Waals surface area contributed by atoms with Crippen LogP contribution < -0.4 is 0 Å². The first-order valence-electron chi connectivity index (χ1n) is 7.56. The lowest BCUT2D eigenvalue weighted by Gasteiger charge is -2.28. The molecule has 2 aliphatic rings. The Labute approximate surface area is 115 Å². The van der Waals surface area contributed by atoms with Crippen molar-refractivity contribution in [2.45, 2.75) is 51.6 Å². The number of rotatable bonds is 3. The molecule has 1 saturated heterocycles. The van der Waals surface area contributed by atoms with Crippen molar-refractivity contribution in [2.75, 3.05) is 6.54 Å². The van der Waals surface area contributed by atoms with Crippen LogP contribution in [0, 0.1) is 12.8 Å². The van der Waals surface area contributed by atoms with Crippen LogP contribution in [0.3, 0.4) is 0 Å². The van der Waals surface area contributed by atoms with Crippen LogP contribution in [0.1, 0.15) is 43.2 Å². The quantitative estimate of drug-likeness (QED) is 0.828. The summed E-state index contributed by atoms with van der Waals surface area (Å²) in [5.41, 5.74) is 2.71. The summed E-state index contributed by atoms with van der Waals surface area (Å²) in [5.74, 6) is 0.841. The van der Waals surface area contributed by atoms with Crippen molar-refractivity contribution in [3.8, 4) is 0 Å². The molecule has 0 amide bonds. The van der Waals surface area contributed by atoms with Crippen LogP contribution in [0.25, 0.3) is 0 Å². The maximum absolute atomic E-state index is 12.0. The Morgan fingerprint density at radius 2 is 2.16 bits per heavy atom. The van der Waals surface area contributed by atoms with Gasteiger partial charge in [0.1, 0.15) is 5.78 Å². The number of hydrogen-bond donors (Lipinski definition) is 0. The number of ketones is 1. The number of Topliss-reactive ketones (excluding diaryl/α,β-unsaturated/α-hetero) is 1. The largest absolute Gasteiger partial charge is 0.299 e. The highest BCUT2D eigenvalue weighted by Gasteiger charge is 2.37. The van der Waals surface area contributed by atoms with Crippen molar-refractivity contribution in [1.29, 1.82) is 0 Å². The summed E-state index contributed by atoms with van der Waals surface area (Å²) in [6.45, 7) is 4.31. The van der Waals surface area contributed by atoms with Gasteiger partial charge in [0.25, 0.3) is 0 Å². The molecule has 0 N–H and O–H groups in total. The summed E-state index contributed by atoms with van der Waals surface area (Å²) in [7, 11) is 0. The predicted octanol–water partition coefficient (Wildman–Crippen LogP) is 3.33. The Balaban J connectivity index is 1.71. The van der Waals surface area contributed by atoms with E-state index in [4.69, 9.17) is 0 Å². The molecule has 1 aliphatic heterocycles. The molecule has 2 atom stereocenters. The molecule has 0 radical (unpaired) electrons. The van der Waals surface area contributed by atoms with Crippen molar-refractivity contribution in [3.63, 3.8) is 0 Å². The summed E-state index contributed by atoms with van der Waals surface area (Å²) in [5, 5.41) is 0. The fraction of sp³-hybridized carbons (Fsp3) is 0.588. The molecule has 0 aromatic heterocycles. The standard InChI is InChI=1S/C17H23NO/c1-13-5-2-6-14(11-13)12-18-10-4-8-16(18)15-7-3-9-17(15)19/h2,5-6,11,15-16H,3-4,7-10,12H2,1H3. The molecular formula is C17H23NO. The van der Waals surface area contributed by atoms with E-state index in [2.05, 4.69) is 36.1 Å². The van der Waals surface area contributed by atoms with Gasteiger partial charge in [-0.15, -0.1) is 0 Å². The van der Waals surface area contributed by atoms with Gasteiger partial charge in [0.05, 0.1) is 0 Å². The number of likely N-dealkylation sites (tertiary alicyclic amines) is 1. The van der Waals surface area contributed by atoms with Crippen molar-refractivity contribution in [3.05, 3.63) is 35.4 Å². The normalized spacial score (nSPS) is 28.2.